The summed E-state index contributed by atoms with van der Waals surface area (Å²) in [6.45, 7) is 0.666. The van der Waals surface area contributed by atoms with Crippen molar-refractivity contribution >= 4 is 48.4 Å². The van der Waals surface area contributed by atoms with Crippen molar-refractivity contribution in [2.24, 2.45) is 0 Å². The molecule has 0 bridgehead atoms. The van der Waals surface area contributed by atoms with Gasteiger partial charge in [0.2, 0.25) is 0 Å². The van der Waals surface area contributed by atoms with E-state index in [1.54, 1.807) is 0 Å². The summed E-state index contributed by atoms with van der Waals surface area (Å²) in [5, 5.41) is 5.30. The van der Waals surface area contributed by atoms with Gasteiger partial charge in [0.1, 0.15) is 12.4 Å². The molecule has 0 aliphatic carbocycles. The quantitative estimate of drug-likeness (QED) is 0.408. The molecule has 0 atom stereocenters. The Bertz CT molecular complexity index is 1040. The highest BCUT2D eigenvalue weighted by Crippen LogP contribution is 2.42. The molecule has 1 aliphatic heterocycles. The normalized spacial score (nSPS) is 13.7. The van der Waals surface area contributed by atoms with Crippen molar-refractivity contribution in [3.8, 4) is 5.75 Å². The summed E-state index contributed by atoms with van der Waals surface area (Å²) < 4.78 is 8.47. The first-order valence-electron chi connectivity index (χ1n) is 7.08. The van der Waals surface area contributed by atoms with E-state index in [4.69, 9.17) is 4.74 Å². The molecule has 2 heterocycles. The lowest BCUT2D eigenvalue weighted by molar-refractivity contribution is 0.359. The molecule has 0 N–H and O–H groups in total. The Hall–Kier alpha value is -2.32. The predicted molar refractivity (Wildman–Crippen MR) is 91.4 cm³/mol. The zero-order valence-electron chi connectivity index (χ0n) is 11.3. The summed E-state index contributed by atoms with van der Waals surface area (Å²) in [5.41, 5.74) is 1.22. The maximum Gasteiger partial charge on any atom is 0.127 e. The number of benzene rings is 3. The van der Waals surface area contributed by atoms with Gasteiger partial charge in [-0.05, 0) is 29.7 Å². The van der Waals surface area contributed by atoms with Gasteiger partial charge >= 0.3 is 0 Å². The molecular formula is C19H12OS. The molecular weight excluding hydrogens is 276 g/mol. The molecule has 3 aromatic carbocycles. The summed E-state index contributed by atoms with van der Waals surface area (Å²) >= 11 is 1.86. The topological polar surface area (TPSA) is 9.23 Å². The Labute approximate surface area is 126 Å². The maximum atomic E-state index is 5.79. The van der Waals surface area contributed by atoms with Gasteiger partial charge in [-0.15, -0.1) is 11.3 Å². The molecule has 0 spiro atoms. The third kappa shape index (κ3) is 1.51. The molecule has 1 nitrogen and oxygen atoms in total. The molecule has 0 saturated heterocycles. The van der Waals surface area contributed by atoms with E-state index < -0.39 is 0 Å². The molecule has 0 amide bonds. The van der Waals surface area contributed by atoms with Gasteiger partial charge in [-0.2, -0.15) is 0 Å². The van der Waals surface area contributed by atoms with E-state index in [1.807, 2.05) is 11.3 Å². The number of hydrogen-bond acceptors (Lipinski definition) is 2. The average Bonchev–Trinajstić information content (AvgIpc) is 2.93. The summed E-state index contributed by atoms with van der Waals surface area (Å²) in [6.07, 6.45) is 4.29. The van der Waals surface area contributed by atoms with Gasteiger partial charge in [0.05, 0.1) is 0 Å². The Balaban J connectivity index is 2.10. The van der Waals surface area contributed by atoms with Gasteiger partial charge in [-0.25, -0.2) is 0 Å². The summed E-state index contributed by atoms with van der Waals surface area (Å²) in [7, 11) is 0. The SMILES string of the molecule is C1=Cc2c(ccc3ccc4sc5ccccc5c4c23)OC1. The molecule has 0 fully saturated rings. The van der Waals surface area contributed by atoms with Crippen LogP contribution in [0.25, 0.3) is 37.0 Å². The minimum absolute atomic E-state index is 0.666. The van der Waals surface area contributed by atoms with E-state index in [1.165, 1.54) is 36.5 Å². The van der Waals surface area contributed by atoms with Gasteiger partial charge in [-0.3, -0.25) is 0 Å². The van der Waals surface area contributed by atoms with Crippen molar-refractivity contribution in [3.63, 3.8) is 0 Å². The monoisotopic (exact) mass is 288 g/mol. The van der Waals surface area contributed by atoms with Gasteiger partial charge in [0, 0.05) is 31.1 Å². The highest BCUT2D eigenvalue weighted by Gasteiger charge is 2.15. The second-order valence-electron chi connectivity index (χ2n) is 5.33. The molecule has 100 valence electrons. The molecule has 0 radical (unpaired) electrons. The van der Waals surface area contributed by atoms with Crippen molar-refractivity contribution in [2.75, 3.05) is 6.61 Å². The van der Waals surface area contributed by atoms with Gasteiger partial charge in [0.25, 0.3) is 0 Å². The lowest BCUT2D eigenvalue weighted by Gasteiger charge is -2.15. The average molecular weight is 288 g/mol. The van der Waals surface area contributed by atoms with Crippen molar-refractivity contribution in [3.05, 3.63) is 60.2 Å². The van der Waals surface area contributed by atoms with Gasteiger partial charge < -0.3 is 4.74 Å². The van der Waals surface area contributed by atoms with E-state index in [-0.39, 0.29) is 0 Å². The fourth-order valence-electron chi connectivity index (χ4n) is 3.24. The van der Waals surface area contributed by atoms with Crippen molar-refractivity contribution < 1.29 is 4.74 Å². The Kier molecular flexibility index (Phi) is 2.21. The molecule has 0 saturated carbocycles. The van der Waals surface area contributed by atoms with E-state index >= 15 is 0 Å². The molecule has 4 aromatic rings. The number of rotatable bonds is 0. The second-order valence-corrected chi connectivity index (χ2v) is 6.41. The first-order chi connectivity index (χ1) is 10.4. The predicted octanol–water partition coefficient (Wildman–Crippen LogP) is 5.61. The molecule has 0 unspecified atom stereocenters. The standard InChI is InChI=1S/C19H12OS/c1-2-6-16-14(4-1)19-17(21-16)10-8-12-7-9-15-13(18(12)19)5-3-11-20-15/h1-10H,11H2. The largest absolute Gasteiger partial charge is 0.489 e. The minimum Gasteiger partial charge on any atom is -0.489 e. The zero-order chi connectivity index (χ0) is 13.8. The van der Waals surface area contributed by atoms with Crippen LogP contribution in [0.1, 0.15) is 5.56 Å². The molecule has 2 heteroatoms. The third-order valence-electron chi connectivity index (χ3n) is 4.14. The van der Waals surface area contributed by atoms with E-state index in [0.29, 0.717) is 6.61 Å². The van der Waals surface area contributed by atoms with Crippen LogP contribution < -0.4 is 4.74 Å². The second kappa shape index (κ2) is 4.09. The van der Waals surface area contributed by atoms with Crippen LogP contribution in [0.5, 0.6) is 5.75 Å². The van der Waals surface area contributed by atoms with Crippen LogP contribution in [-0.4, -0.2) is 6.61 Å². The minimum atomic E-state index is 0.666. The van der Waals surface area contributed by atoms with E-state index in [0.717, 1.165) is 5.75 Å². The Morgan fingerprint density at radius 3 is 2.76 bits per heavy atom. The van der Waals surface area contributed by atoms with Crippen LogP contribution in [0.15, 0.2) is 54.6 Å². The smallest absolute Gasteiger partial charge is 0.127 e. The van der Waals surface area contributed by atoms with Crippen LogP contribution >= 0.6 is 11.3 Å². The fraction of sp³-hybridized carbons (Fsp3) is 0.0526. The summed E-state index contributed by atoms with van der Waals surface area (Å²) in [6, 6.07) is 17.4. The summed E-state index contributed by atoms with van der Waals surface area (Å²) in [4.78, 5) is 0. The first-order valence-corrected chi connectivity index (χ1v) is 7.90. The highest BCUT2D eigenvalue weighted by molar-refractivity contribution is 7.26. The first kappa shape index (κ1) is 11.4. The van der Waals surface area contributed by atoms with Crippen LogP contribution in [0.2, 0.25) is 0 Å². The molecule has 5 rings (SSSR count). The summed E-state index contributed by atoms with van der Waals surface area (Å²) in [5.74, 6) is 0.993. The third-order valence-corrected chi connectivity index (χ3v) is 5.28. The van der Waals surface area contributed by atoms with Crippen molar-refractivity contribution in [2.45, 2.75) is 0 Å². The number of thiophene rings is 1. The Morgan fingerprint density at radius 2 is 1.76 bits per heavy atom. The van der Waals surface area contributed by atoms with Gasteiger partial charge in [0.15, 0.2) is 0 Å². The van der Waals surface area contributed by atoms with Crippen molar-refractivity contribution in [1.82, 2.24) is 0 Å². The molecule has 21 heavy (non-hydrogen) atoms. The van der Waals surface area contributed by atoms with Crippen LogP contribution in [0.3, 0.4) is 0 Å². The lowest BCUT2D eigenvalue weighted by Crippen LogP contribution is -2.00. The molecule has 1 aliphatic rings. The van der Waals surface area contributed by atoms with E-state index in [2.05, 4.69) is 60.7 Å². The lowest BCUT2D eigenvalue weighted by atomic mass is 9.97. The van der Waals surface area contributed by atoms with Crippen LogP contribution in [-0.2, 0) is 0 Å². The van der Waals surface area contributed by atoms with Crippen LogP contribution in [0, 0.1) is 0 Å². The Morgan fingerprint density at radius 1 is 0.857 bits per heavy atom. The number of fused-ring (bicyclic) bond motifs is 7. The zero-order valence-corrected chi connectivity index (χ0v) is 12.1. The maximum absolute atomic E-state index is 5.79. The van der Waals surface area contributed by atoms with Gasteiger partial charge in [-0.1, -0.05) is 36.4 Å². The highest BCUT2D eigenvalue weighted by atomic mass is 32.1. The number of ether oxygens (including phenoxy) is 1. The van der Waals surface area contributed by atoms with E-state index in [9.17, 15) is 0 Å². The van der Waals surface area contributed by atoms with Crippen LogP contribution in [0.4, 0.5) is 0 Å². The van der Waals surface area contributed by atoms with Crippen molar-refractivity contribution in [1.29, 1.82) is 0 Å². The molecule has 1 aromatic heterocycles. The fourth-order valence-corrected chi connectivity index (χ4v) is 4.35. The number of hydrogen-bond donors (Lipinski definition) is 0.